The second kappa shape index (κ2) is 12.9. The molecule has 2 N–H and O–H groups in total. The van der Waals surface area contributed by atoms with Gasteiger partial charge in [0.05, 0.1) is 0 Å². The predicted molar refractivity (Wildman–Crippen MR) is 143 cm³/mol. The minimum absolute atomic E-state index is 0.0183. The number of alkyl halides is 1. The van der Waals surface area contributed by atoms with Gasteiger partial charge in [0.2, 0.25) is 5.75 Å². The molecule has 15 heteroatoms. The number of nitrogens with one attached hydrogen (secondary N) is 1. The first kappa shape index (κ1) is 30.3. The molecule has 0 amide bonds. The summed E-state index contributed by atoms with van der Waals surface area (Å²) in [5.74, 6) is -0.486. The van der Waals surface area contributed by atoms with Crippen molar-refractivity contribution >= 4 is 30.1 Å². The summed E-state index contributed by atoms with van der Waals surface area (Å²) in [7, 11) is -2.70. The van der Waals surface area contributed by atoms with Gasteiger partial charge in [-0.1, -0.05) is 27.1 Å². The van der Waals surface area contributed by atoms with E-state index >= 15 is 4.39 Å². The summed E-state index contributed by atoms with van der Waals surface area (Å²) in [6.07, 6.45) is 1.14. The molecule has 2 heterocycles. The van der Waals surface area contributed by atoms with Crippen molar-refractivity contribution in [3.05, 3.63) is 55.8 Å². The first-order chi connectivity index (χ1) is 19.0. The van der Waals surface area contributed by atoms with Gasteiger partial charge in [-0.3, -0.25) is 18.9 Å². The Morgan fingerprint density at radius 3 is 2.75 bits per heavy atom. The van der Waals surface area contributed by atoms with E-state index in [0.29, 0.717) is 4.47 Å². The molecule has 12 nitrogen and oxygen atoms in total. The Labute approximate surface area is 238 Å². The summed E-state index contributed by atoms with van der Waals surface area (Å²) in [4.78, 5) is 50.6. The zero-order chi connectivity index (χ0) is 29.0. The van der Waals surface area contributed by atoms with Crippen molar-refractivity contribution in [1.82, 2.24) is 9.55 Å². The van der Waals surface area contributed by atoms with E-state index in [-0.39, 0.29) is 24.2 Å². The number of hydrogen-bond acceptors (Lipinski definition) is 10. The first-order valence-electron chi connectivity index (χ1n) is 12.8. The Morgan fingerprint density at radius 2 is 2.05 bits per heavy atom. The maximum atomic E-state index is 15.5. The summed E-state index contributed by atoms with van der Waals surface area (Å²) < 4.78 is 43.0. The van der Waals surface area contributed by atoms with Crippen LogP contribution in [0.25, 0.3) is 0 Å². The Hall–Kier alpha value is -2.64. The van der Waals surface area contributed by atoms with Gasteiger partial charge in [0.1, 0.15) is 24.9 Å². The normalized spacial score (nSPS) is 26.4. The highest BCUT2D eigenvalue weighted by atomic mass is 79.9. The van der Waals surface area contributed by atoms with Crippen LogP contribution in [0.5, 0.6) is 11.5 Å². The zero-order valence-electron chi connectivity index (χ0n) is 21.8. The highest BCUT2D eigenvalue weighted by Crippen LogP contribution is 2.42. The number of ether oxygens (including phenoxy) is 3. The third-order valence-corrected chi connectivity index (χ3v) is 8.13. The molecule has 1 aliphatic heterocycles. The molecule has 0 spiro atoms. The number of hydrogen-bond donors (Lipinski definition) is 2. The van der Waals surface area contributed by atoms with Gasteiger partial charge in [0.15, 0.2) is 23.7 Å². The summed E-state index contributed by atoms with van der Waals surface area (Å²) in [6, 6.07) is 4.58. The Morgan fingerprint density at radius 1 is 1.32 bits per heavy atom. The van der Waals surface area contributed by atoms with Crippen LogP contribution in [0.3, 0.4) is 0 Å². The quantitative estimate of drug-likeness (QED) is 0.308. The van der Waals surface area contributed by atoms with Gasteiger partial charge >= 0.3 is 19.8 Å². The van der Waals surface area contributed by atoms with Crippen LogP contribution in [0.2, 0.25) is 0 Å². The number of aliphatic hydroxyl groups is 1. The van der Waals surface area contributed by atoms with E-state index in [1.54, 1.807) is 6.07 Å². The van der Waals surface area contributed by atoms with Crippen LogP contribution in [0.1, 0.15) is 52.2 Å². The van der Waals surface area contributed by atoms with Gasteiger partial charge in [-0.05, 0) is 57.7 Å². The van der Waals surface area contributed by atoms with E-state index in [1.807, 2.05) is 4.98 Å². The summed E-state index contributed by atoms with van der Waals surface area (Å²) >= 11 is 3.31. The van der Waals surface area contributed by atoms with Crippen molar-refractivity contribution in [2.24, 2.45) is 4.74 Å². The number of H-pyrrole nitrogens is 1. The molecule has 2 aromatic rings. The molecule has 1 aromatic heterocycles. The molecule has 0 bridgehead atoms. The van der Waals surface area contributed by atoms with Crippen LogP contribution in [-0.2, 0) is 14.3 Å². The van der Waals surface area contributed by atoms with Gasteiger partial charge in [0.25, 0.3) is 5.56 Å². The van der Waals surface area contributed by atoms with E-state index in [1.165, 1.54) is 19.1 Å². The van der Waals surface area contributed by atoms with E-state index < -0.39 is 55.5 Å². The van der Waals surface area contributed by atoms with Crippen molar-refractivity contribution in [3.8, 4) is 11.5 Å². The van der Waals surface area contributed by atoms with Crippen molar-refractivity contribution in [3.63, 3.8) is 0 Å². The smallest absolute Gasteiger partial charge is 0.395 e. The van der Waals surface area contributed by atoms with Gasteiger partial charge in [-0.25, -0.2) is 14.0 Å². The third-order valence-electron chi connectivity index (χ3n) is 6.75. The van der Waals surface area contributed by atoms with Crippen LogP contribution in [0.4, 0.5) is 4.39 Å². The lowest BCUT2D eigenvalue weighted by Gasteiger charge is -2.24. The van der Waals surface area contributed by atoms with Gasteiger partial charge in [-0.2, -0.15) is 0 Å². The SMILES string of the molecule is C[C@H](/N=[P+](\[O-])Oc1ccc(Br)cc1OC[C@H]1O[C@@H](n2ccc(=O)[nH]c2=O)[C@](C)(F)[C@@H]1O)C(=O)OC1CCCCC1. The average molecular weight is 646 g/mol. The zero-order valence-corrected chi connectivity index (χ0v) is 24.3. The van der Waals surface area contributed by atoms with Crippen LogP contribution >= 0.6 is 24.1 Å². The molecular weight excluding hydrogens is 616 g/mol. The first-order valence-corrected chi connectivity index (χ1v) is 14.7. The van der Waals surface area contributed by atoms with E-state index in [0.717, 1.165) is 55.9 Å². The Balaban J connectivity index is 1.42. The predicted octanol–water partition coefficient (Wildman–Crippen LogP) is 2.86. The number of esters is 1. The molecular formula is C25H30BrFN3O9P. The maximum absolute atomic E-state index is 15.5. The second-order valence-corrected chi connectivity index (χ2v) is 11.7. The molecule has 1 saturated carbocycles. The van der Waals surface area contributed by atoms with Crippen molar-refractivity contribution in [1.29, 1.82) is 0 Å². The molecule has 2 fully saturated rings. The fourth-order valence-electron chi connectivity index (χ4n) is 4.55. The number of aliphatic hydroxyl groups excluding tert-OH is 1. The standard InChI is InChI=1S/C25H30BrFN3O9P/c1-14(22(33)37-16-6-4-3-5-7-16)29-40(35)39-17-9-8-15(26)12-18(17)36-13-19-21(32)25(2,27)23(38-19)30-11-10-20(31)28-24(30)34/h8-12,14,16,19,21,23,32H,3-7,13H2,1-2H3,(H,28,31,34)/t14-,19+,21+,23+,25+/m0/s1. The fraction of sp³-hybridized carbons (Fsp3) is 0.560. The third kappa shape index (κ3) is 7.16. The second-order valence-electron chi connectivity index (χ2n) is 9.86. The van der Waals surface area contributed by atoms with E-state index in [4.69, 9.17) is 18.7 Å². The molecule has 1 unspecified atom stereocenters. The maximum Gasteiger partial charge on any atom is 0.395 e. The Bertz CT molecular complexity index is 1360. The number of carbonyl (C=O) groups is 1. The molecule has 1 aromatic carbocycles. The minimum atomic E-state index is -2.70. The van der Waals surface area contributed by atoms with E-state index in [2.05, 4.69) is 20.7 Å². The number of nitrogens with zero attached hydrogens (tertiary/aromatic N) is 2. The number of carbonyl (C=O) groups excluding carboxylic acids is 1. The number of halogens is 2. The monoisotopic (exact) mass is 645 g/mol. The lowest BCUT2D eigenvalue weighted by molar-refractivity contribution is -0.170. The Kier molecular flexibility index (Phi) is 9.78. The molecule has 40 heavy (non-hydrogen) atoms. The number of rotatable bonds is 9. The largest absolute Gasteiger partial charge is 0.575 e. The van der Waals surface area contributed by atoms with Crippen molar-refractivity contribution in [2.45, 2.75) is 82.2 Å². The molecule has 1 aliphatic carbocycles. The van der Waals surface area contributed by atoms with Crippen molar-refractivity contribution < 1.29 is 37.9 Å². The van der Waals surface area contributed by atoms with Crippen LogP contribution < -0.4 is 25.4 Å². The lowest BCUT2D eigenvalue weighted by Crippen LogP contribution is -2.43. The molecule has 1 saturated heterocycles. The molecule has 218 valence electrons. The van der Waals surface area contributed by atoms with Crippen LogP contribution in [0, 0.1) is 0 Å². The van der Waals surface area contributed by atoms with Gasteiger partial charge < -0.3 is 24.2 Å². The summed E-state index contributed by atoms with van der Waals surface area (Å²) in [6.45, 7) is 2.16. The topological polar surface area (TPSA) is 164 Å². The summed E-state index contributed by atoms with van der Waals surface area (Å²) in [5, 5.41) is 10.6. The highest BCUT2D eigenvalue weighted by Gasteiger charge is 2.55. The van der Waals surface area contributed by atoms with Crippen LogP contribution in [-0.4, -0.2) is 57.3 Å². The number of aromatic amines is 1. The fourth-order valence-corrected chi connectivity index (χ4v) is 5.63. The highest BCUT2D eigenvalue weighted by molar-refractivity contribution is 9.10. The van der Waals surface area contributed by atoms with Gasteiger partial charge in [-0.15, -0.1) is 0 Å². The molecule has 4 rings (SSSR count). The molecule has 0 radical (unpaired) electrons. The molecule has 6 atom stereocenters. The van der Waals surface area contributed by atoms with Gasteiger partial charge in [0, 0.05) is 16.7 Å². The minimum Gasteiger partial charge on any atom is -0.575 e. The average Bonchev–Trinajstić information content (AvgIpc) is 3.12. The summed E-state index contributed by atoms with van der Waals surface area (Å²) in [5.41, 5.74) is -3.97. The number of benzene rings is 1. The van der Waals surface area contributed by atoms with Crippen LogP contribution in [0.15, 0.2) is 49.3 Å². The van der Waals surface area contributed by atoms with E-state index in [9.17, 15) is 24.4 Å². The lowest BCUT2D eigenvalue weighted by atomic mass is 9.98. The van der Waals surface area contributed by atoms with Crippen molar-refractivity contribution in [2.75, 3.05) is 6.61 Å². The molecule has 2 aliphatic rings. The number of aromatic nitrogens is 2.